The molecule has 1 aromatic rings. The number of aliphatic imine (C=N–C) groups is 1. The topological polar surface area (TPSA) is 12.4 Å². The number of allylic oxidation sites excluding steroid dienone is 2. The minimum Gasteiger partial charge on any atom is -0.257 e. The van der Waals surface area contributed by atoms with Gasteiger partial charge in [0, 0.05) is 11.1 Å². The molecule has 0 spiro atoms. The molecule has 1 heteroatoms. The summed E-state index contributed by atoms with van der Waals surface area (Å²) in [6.45, 7) is 18.1. The first-order valence-corrected chi connectivity index (χ1v) is 15.5. The van der Waals surface area contributed by atoms with Crippen molar-refractivity contribution in [2.45, 2.75) is 125 Å². The minimum absolute atomic E-state index is 0.132. The molecule has 1 heterocycles. The van der Waals surface area contributed by atoms with Crippen LogP contribution in [0, 0.1) is 39.9 Å². The number of rotatable bonds is 5. The molecule has 2 fully saturated rings. The van der Waals surface area contributed by atoms with Gasteiger partial charge in [-0.05, 0) is 110 Å². The van der Waals surface area contributed by atoms with Crippen molar-refractivity contribution in [2.75, 3.05) is 0 Å². The van der Waals surface area contributed by atoms with Crippen molar-refractivity contribution in [2.24, 2.45) is 44.9 Å². The van der Waals surface area contributed by atoms with E-state index in [-0.39, 0.29) is 5.41 Å². The van der Waals surface area contributed by atoms with Crippen LogP contribution in [-0.2, 0) is 5.41 Å². The highest BCUT2D eigenvalue weighted by Crippen LogP contribution is 2.73. The predicted molar refractivity (Wildman–Crippen MR) is 154 cm³/mol. The molecule has 0 N–H and O–H groups in total. The Kier molecular flexibility index (Phi) is 5.76. The zero-order valence-electron chi connectivity index (χ0n) is 24.3. The van der Waals surface area contributed by atoms with E-state index in [9.17, 15) is 0 Å². The molecule has 0 unspecified atom stereocenters. The van der Waals surface area contributed by atoms with Gasteiger partial charge in [-0.25, -0.2) is 0 Å². The first-order valence-electron chi connectivity index (χ1n) is 15.5. The number of hydrogen-bond acceptors (Lipinski definition) is 1. The molecule has 4 aliphatic carbocycles. The fourth-order valence-corrected chi connectivity index (χ4v) is 10.9. The molecular weight excluding hydrogens is 434 g/mol. The van der Waals surface area contributed by atoms with Crippen LogP contribution in [0.1, 0.15) is 125 Å². The van der Waals surface area contributed by atoms with Crippen LogP contribution in [0.25, 0.3) is 0 Å². The highest BCUT2D eigenvalue weighted by atomic mass is 14.9. The normalized spacial score (nSPS) is 41.8. The van der Waals surface area contributed by atoms with Crippen molar-refractivity contribution < 1.29 is 0 Å². The lowest BCUT2D eigenvalue weighted by molar-refractivity contribution is 0.0168. The lowest BCUT2D eigenvalue weighted by Gasteiger charge is -2.61. The molecule has 1 aliphatic heterocycles. The average molecular weight is 486 g/mol. The van der Waals surface area contributed by atoms with Gasteiger partial charge in [0.05, 0.1) is 5.69 Å². The summed E-state index contributed by atoms with van der Waals surface area (Å²) in [4.78, 5) is 5.21. The maximum Gasteiger partial charge on any atom is 0.0670 e. The van der Waals surface area contributed by atoms with Crippen molar-refractivity contribution in [3.05, 3.63) is 41.0 Å². The van der Waals surface area contributed by atoms with E-state index in [1.807, 2.05) is 11.1 Å². The number of hydrogen-bond donors (Lipinski definition) is 0. The van der Waals surface area contributed by atoms with Gasteiger partial charge in [-0.3, -0.25) is 4.99 Å². The van der Waals surface area contributed by atoms with E-state index in [4.69, 9.17) is 4.99 Å². The number of fused-ring (bicyclic) bond motifs is 8. The summed E-state index contributed by atoms with van der Waals surface area (Å²) >= 11 is 0. The lowest BCUT2D eigenvalue weighted by atomic mass is 9.42. The Bertz CT molecular complexity index is 1110. The number of para-hydroxylation sites is 1. The molecule has 5 aliphatic rings. The SMILES string of the molecule is CC(C)CCC[C@@H](C)[C@H]1CC[C@@]2(C)C3=C(CC[C@]12C)[C@@]1(C)CCC2=Nc4ccccc4[C@@]2(C)[C@@H]1CC3. The summed E-state index contributed by atoms with van der Waals surface area (Å²) in [5, 5.41) is 0. The second kappa shape index (κ2) is 8.31. The summed E-state index contributed by atoms with van der Waals surface area (Å²) in [6.07, 6.45) is 15.1. The van der Waals surface area contributed by atoms with Crippen molar-refractivity contribution in [3.63, 3.8) is 0 Å². The average Bonchev–Trinajstić information content (AvgIpc) is 3.29. The van der Waals surface area contributed by atoms with Crippen LogP contribution in [0.3, 0.4) is 0 Å². The largest absolute Gasteiger partial charge is 0.257 e. The molecule has 0 aromatic heterocycles. The highest BCUT2D eigenvalue weighted by molar-refractivity contribution is 6.02. The summed E-state index contributed by atoms with van der Waals surface area (Å²) in [5.41, 5.74) is 9.47. The van der Waals surface area contributed by atoms with Gasteiger partial charge in [0.15, 0.2) is 0 Å². The van der Waals surface area contributed by atoms with Crippen LogP contribution in [0.2, 0.25) is 0 Å². The van der Waals surface area contributed by atoms with E-state index in [0.717, 1.165) is 17.8 Å². The van der Waals surface area contributed by atoms with E-state index < -0.39 is 0 Å². The van der Waals surface area contributed by atoms with E-state index in [2.05, 4.69) is 72.7 Å². The quantitative estimate of drug-likeness (QED) is 0.368. The van der Waals surface area contributed by atoms with Gasteiger partial charge in [-0.15, -0.1) is 0 Å². The maximum atomic E-state index is 5.21. The Hall–Kier alpha value is -1.37. The summed E-state index contributed by atoms with van der Waals surface area (Å²) < 4.78 is 0. The lowest BCUT2D eigenvalue weighted by Crippen LogP contribution is -2.55. The van der Waals surface area contributed by atoms with Crippen LogP contribution >= 0.6 is 0 Å². The number of benzene rings is 1. The Morgan fingerprint density at radius 2 is 1.64 bits per heavy atom. The zero-order chi connectivity index (χ0) is 25.5. The molecule has 0 radical (unpaired) electrons. The van der Waals surface area contributed by atoms with Gasteiger partial charge in [0.1, 0.15) is 0 Å². The third-order valence-electron chi connectivity index (χ3n) is 13.1. The molecule has 1 aromatic carbocycles. The molecular formula is C35H51N. The van der Waals surface area contributed by atoms with Crippen molar-refractivity contribution in [1.29, 1.82) is 0 Å². The Morgan fingerprint density at radius 3 is 2.42 bits per heavy atom. The second-order valence-corrected chi connectivity index (χ2v) is 14.9. The van der Waals surface area contributed by atoms with Crippen molar-refractivity contribution >= 4 is 11.4 Å². The summed E-state index contributed by atoms with van der Waals surface area (Å²) in [6, 6.07) is 9.07. The molecule has 0 bridgehead atoms. The molecule has 6 rings (SSSR count). The van der Waals surface area contributed by atoms with E-state index >= 15 is 0 Å². The fraction of sp³-hybridized carbons (Fsp3) is 0.743. The van der Waals surface area contributed by atoms with Gasteiger partial charge in [-0.1, -0.05) is 90.2 Å². The highest BCUT2D eigenvalue weighted by Gasteiger charge is 2.64. The van der Waals surface area contributed by atoms with Crippen LogP contribution < -0.4 is 0 Å². The molecule has 36 heavy (non-hydrogen) atoms. The van der Waals surface area contributed by atoms with Gasteiger partial charge in [0.25, 0.3) is 0 Å². The van der Waals surface area contributed by atoms with Crippen LogP contribution in [-0.4, -0.2) is 5.71 Å². The number of nitrogens with zero attached hydrogens (tertiary/aromatic N) is 1. The van der Waals surface area contributed by atoms with Crippen molar-refractivity contribution in [1.82, 2.24) is 0 Å². The van der Waals surface area contributed by atoms with Crippen LogP contribution in [0.5, 0.6) is 0 Å². The molecule has 0 amide bonds. The Morgan fingerprint density at radius 1 is 0.861 bits per heavy atom. The first kappa shape index (κ1) is 24.9. The fourth-order valence-electron chi connectivity index (χ4n) is 10.9. The molecule has 7 atom stereocenters. The van der Waals surface area contributed by atoms with E-state index in [1.54, 1.807) is 0 Å². The maximum absolute atomic E-state index is 5.21. The van der Waals surface area contributed by atoms with E-state index in [0.29, 0.717) is 22.2 Å². The Labute approximate surface area is 221 Å². The third kappa shape index (κ3) is 3.16. The molecule has 2 saturated carbocycles. The van der Waals surface area contributed by atoms with Gasteiger partial charge >= 0.3 is 0 Å². The first-order chi connectivity index (χ1) is 17.1. The van der Waals surface area contributed by atoms with Crippen LogP contribution in [0.15, 0.2) is 40.4 Å². The minimum atomic E-state index is 0.132. The van der Waals surface area contributed by atoms with Gasteiger partial charge in [0.2, 0.25) is 0 Å². The van der Waals surface area contributed by atoms with Gasteiger partial charge in [-0.2, -0.15) is 0 Å². The zero-order valence-corrected chi connectivity index (χ0v) is 24.3. The molecule has 196 valence electrons. The van der Waals surface area contributed by atoms with E-state index in [1.165, 1.54) is 87.6 Å². The standard InChI is InChI=1S/C35H51N/c1-23(2)11-10-12-24(3)25-17-21-34(6)27-15-16-30-32(4,26(27)18-22-33(25,34)5)20-19-31-35(30,7)28-13-8-9-14-29(28)36-31/h8-9,13-14,23-25,30H,10-12,15-22H2,1-7H3/t24-,25-,30-,32-,33-,34+,35+/m1/s1. The second-order valence-electron chi connectivity index (χ2n) is 14.9. The smallest absolute Gasteiger partial charge is 0.0670 e. The van der Waals surface area contributed by atoms with Crippen molar-refractivity contribution in [3.8, 4) is 0 Å². The third-order valence-corrected chi connectivity index (χ3v) is 13.1. The monoisotopic (exact) mass is 485 g/mol. The molecule has 0 saturated heterocycles. The Balaban J connectivity index is 1.33. The van der Waals surface area contributed by atoms with Crippen LogP contribution in [0.4, 0.5) is 5.69 Å². The van der Waals surface area contributed by atoms with Gasteiger partial charge < -0.3 is 0 Å². The summed E-state index contributed by atoms with van der Waals surface area (Å²) in [5.74, 6) is 3.31. The summed E-state index contributed by atoms with van der Waals surface area (Å²) in [7, 11) is 0. The predicted octanol–water partition coefficient (Wildman–Crippen LogP) is 10.2. The molecule has 1 nitrogen and oxygen atoms in total.